The number of ether oxygens (including phenoxy) is 1. The van der Waals surface area contributed by atoms with Crippen LogP contribution in [0, 0.1) is 0 Å². The Balaban J connectivity index is 2.24. The second-order valence-corrected chi connectivity index (χ2v) is 4.86. The van der Waals surface area contributed by atoms with Gasteiger partial charge in [-0.3, -0.25) is 0 Å². The predicted octanol–water partition coefficient (Wildman–Crippen LogP) is 4.25. The smallest absolute Gasteiger partial charge is 0.138 e. The van der Waals surface area contributed by atoms with Crippen LogP contribution in [0.3, 0.4) is 0 Å². The van der Waals surface area contributed by atoms with Gasteiger partial charge < -0.3 is 14.3 Å². The van der Waals surface area contributed by atoms with E-state index in [0.29, 0.717) is 16.4 Å². The van der Waals surface area contributed by atoms with Gasteiger partial charge in [0.15, 0.2) is 0 Å². The van der Waals surface area contributed by atoms with Gasteiger partial charge in [-0.25, -0.2) is 0 Å². The van der Waals surface area contributed by atoms with Crippen molar-refractivity contribution in [2.45, 2.75) is 6.61 Å². The first-order valence-electron chi connectivity index (χ1n) is 6.19. The average molecular weight is 289 g/mol. The summed E-state index contributed by atoms with van der Waals surface area (Å²) in [7, 11) is 1.63. The van der Waals surface area contributed by atoms with E-state index >= 15 is 0 Å². The Bertz CT molecular complexity index is 744. The van der Waals surface area contributed by atoms with Crippen LogP contribution in [0.15, 0.2) is 46.9 Å². The van der Waals surface area contributed by atoms with Crippen LogP contribution >= 0.6 is 11.6 Å². The highest BCUT2D eigenvalue weighted by atomic mass is 35.5. The van der Waals surface area contributed by atoms with E-state index in [4.69, 9.17) is 20.8 Å². The predicted molar refractivity (Wildman–Crippen MR) is 79.1 cm³/mol. The fourth-order valence-electron chi connectivity index (χ4n) is 2.31. The summed E-state index contributed by atoms with van der Waals surface area (Å²) in [5.74, 6) is 1.32. The number of hydrogen-bond acceptors (Lipinski definition) is 3. The zero-order valence-electron chi connectivity index (χ0n) is 10.9. The standard InChI is InChI=1S/C16H13ClO3/c1-19-12-5-2-10(3-6-12)16-13-8-11(17)4-7-14(13)20-15(16)9-18/h2-8,18H,9H2,1H3. The summed E-state index contributed by atoms with van der Waals surface area (Å²) in [4.78, 5) is 0. The monoisotopic (exact) mass is 288 g/mol. The number of aliphatic hydroxyl groups is 1. The molecule has 0 aliphatic carbocycles. The van der Waals surface area contributed by atoms with E-state index in [0.717, 1.165) is 22.3 Å². The maximum absolute atomic E-state index is 9.50. The molecule has 3 aromatic rings. The molecular formula is C16H13ClO3. The third-order valence-electron chi connectivity index (χ3n) is 3.25. The number of rotatable bonds is 3. The molecule has 0 aliphatic heterocycles. The molecule has 0 bridgehead atoms. The lowest BCUT2D eigenvalue weighted by Crippen LogP contribution is -1.86. The minimum Gasteiger partial charge on any atom is -0.497 e. The van der Waals surface area contributed by atoms with Crippen LogP contribution in [0.4, 0.5) is 0 Å². The average Bonchev–Trinajstić information content (AvgIpc) is 2.85. The molecule has 3 rings (SSSR count). The SMILES string of the molecule is COc1ccc(-c2c(CO)oc3ccc(Cl)cc23)cc1. The Labute approximate surface area is 121 Å². The molecule has 0 saturated heterocycles. The van der Waals surface area contributed by atoms with E-state index in [1.165, 1.54) is 0 Å². The molecule has 1 aromatic heterocycles. The third-order valence-corrected chi connectivity index (χ3v) is 3.48. The minimum atomic E-state index is -0.159. The first-order valence-corrected chi connectivity index (χ1v) is 6.57. The van der Waals surface area contributed by atoms with Gasteiger partial charge in [0.05, 0.1) is 7.11 Å². The topological polar surface area (TPSA) is 42.6 Å². The summed E-state index contributed by atoms with van der Waals surface area (Å²) in [5, 5.41) is 11.0. The molecule has 0 atom stereocenters. The summed E-state index contributed by atoms with van der Waals surface area (Å²) in [6.07, 6.45) is 0. The Hall–Kier alpha value is -1.97. The number of halogens is 1. The number of furan rings is 1. The van der Waals surface area contributed by atoms with Crippen LogP contribution in [0.1, 0.15) is 5.76 Å². The van der Waals surface area contributed by atoms with Crippen molar-refractivity contribution < 1.29 is 14.3 Å². The van der Waals surface area contributed by atoms with Crippen molar-refractivity contribution >= 4 is 22.6 Å². The number of benzene rings is 2. The van der Waals surface area contributed by atoms with Gasteiger partial charge in [-0.2, -0.15) is 0 Å². The molecule has 0 fully saturated rings. The van der Waals surface area contributed by atoms with Crippen molar-refractivity contribution in [3.8, 4) is 16.9 Å². The van der Waals surface area contributed by atoms with Crippen molar-refractivity contribution in [3.63, 3.8) is 0 Å². The molecule has 0 spiro atoms. The summed E-state index contributed by atoms with van der Waals surface area (Å²) >= 11 is 6.05. The molecule has 0 saturated carbocycles. The van der Waals surface area contributed by atoms with Crippen LogP contribution in [0.25, 0.3) is 22.1 Å². The second-order valence-electron chi connectivity index (χ2n) is 4.43. The van der Waals surface area contributed by atoms with E-state index in [2.05, 4.69) is 0 Å². The van der Waals surface area contributed by atoms with Crippen LogP contribution in [0.2, 0.25) is 5.02 Å². The first kappa shape index (κ1) is 13.0. The summed E-state index contributed by atoms with van der Waals surface area (Å²) in [5.41, 5.74) is 2.53. The second kappa shape index (κ2) is 5.19. The molecule has 0 radical (unpaired) electrons. The van der Waals surface area contributed by atoms with Crippen molar-refractivity contribution in [2.24, 2.45) is 0 Å². The fourth-order valence-corrected chi connectivity index (χ4v) is 2.48. The molecule has 1 N–H and O–H groups in total. The molecule has 20 heavy (non-hydrogen) atoms. The maximum atomic E-state index is 9.50. The van der Waals surface area contributed by atoms with E-state index < -0.39 is 0 Å². The number of methoxy groups -OCH3 is 1. The van der Waals surface area contributed by atoms with Crippen LogP contribution in [0.5, 0.6) is 5.75 Å². The van der Waals surface area contributed by atoms with Crippen LogP contribution < -0.4 is 4.74 Å². The van der Waals surface area contributed by atoms with Gasteiger partial charge in [0.2, 0.25) is 0 Å². The Morgan fingerprint density at radius 2 is 1.90 bits per heavy atom. The summed E-state index contributed by atoms with van der Waals surface area (Å²) in [6, 6.07) is 13.0. The molecule has 4 heteroatoms. The molecule has 1 heterocycles. The van der Waals surface area contributed by atoms with Gasteiger partial charge in [0, 0.05) is 16.0 Å². The highest BCUT2D eigenvalue weighted by Gasteiger charge is 2.15. The molecule has 3 nitrogen and oxygen atoms in total. The number of aliphatic hydroxyl groups excluding tert-OH is 1. The van der Waals surface area contributed by atoms with Gasteiger partial charge in [0.25, 0.3) is 0 Å². The lowest BCUT2D eigenvalue weighted by Gasteiger charge is -2.04. The first-order chi connectivity index (χ1) is 9.72. The van der Waals surface area contributed by atoms with E-state index in [-0.39, 0.29) is 6.61 Å². The molecule has 0 amide bonds. The van der Waals surface area contributed by atoms with E-state index in [1.807, 2.05) is 36.4 Å². The number of fused-ring (bicyclic) bond motifs is 1. The van der Waals surface area contributed by atoms with Gasteiger partial charge in [-0.05, 0) is 35.9 Å². The third kappa shape index (κ3) is 2.15. The Morgan fingerprint density at radius 1 is 1.15 bits per heavy atom. The quantitative estimate of drug-likeness (QED) is 0.783. The van der Waals surface area contributed by atoms with Crippen molar-refractivity contribution in [3.05, 3.63) is 53.2 Å². The van der Waals surface area contributed by atoms with Gasteiger partial charge >= 0.3 is 0 Å². The zero-order valence-corrected chi connectivity index (χ0v) is 11.6. The fraction of sp³-hybridized carbons (Fsp3) is 0.125. The van der Waals surface area contributed by atoms with E-state index in [9.17, 15) is 5.11 Å². The highest BCUT2D eigenvalue weighted by molar-refractivity contribution is 6.31. The van der Waals surface area contributed by atoms with E-state index in [1.54, 1.807) is 13.2 Å². The van der Waals surface area contributed by atoms with Crippen LogP contribution in [-0.4, -0.2) is 12.2 Å². The Morgan fingerprint density at radius 3 is 2.55 bits per heavy atom. The van der Waals surface area contributed by atoms with Crippen molar-refractivity contribution in [2.75, 3.05) is 7.11 Å². The Kier molecular flexibility index (Phi) is 3.38. The van der Waals surface area contributed by atoms with Crippen molar-refractivity contribution in [1.82, 2.24) is 0 Å². The maximum Gasteiger partial charge on any atom is 0.138 e. The van der Waals surface area contributed by atoms with Gasteiger partial charge in [-0.1, -0.05) is 23.7 Å². The molecular weight excluding hydrogens is 276 g/mol. The highest BCUT2D eigenvalue weighted by Crippen LogP contribution is 2.36. The normalized spacial score (nSPS) is 10.9. The van der Waals surface area contributed by atoms with Gasteiger partial charge in [0.1, 0.15) is 23.7 Å². The zero-order chi connectivity index (χ0) is 14.1. The largest absolute Gasteiger partial charge is 0.497 e. The molecule has 102 valence electrons. The molecule has 0 aliphatic rings. The van der Waals surface area contributed by atoms with Crippen molar-refractivity contribution in [1.29, 1.82) is 0 Å². The van der Waals surface area contributed by atoms with Gasteiger partial charge in [-0.15, -0.1) is 0 Å². The molecule has 2 aromatic carbocycles. The minimum absolute atomic E-state index is 0.159. The summed E-state index contributed by atoms with van der Waals surface area (Å²) < 4.78 is 10.8. The number of hydrogen-bond donors (Lipinski definition) is 1. The molecule has 0 unspecified atom stereocenters. The lowest BCUT2D eigenvalue weighted by atomic mass is 10.0. The lowest BCUT2D eigenvalue weighted by molar-refractivity contribution is 0.252. The van der Waals surface area contributed by atoms with Crippen LogP contribution in [-0.2, 0) is 6.61 Å². The summed E-state index contributed by atoms with van der Waals surface area (Å²) in [6.45, 7) is -0.159.